The van der Waals surface area contributed by atoms with Crippen LogP contribution in [0.4, 0.5) is 5.13 Å². The molecular weight excluding hydrogens is 232 g/mol. The van der Waals surface area contributed by atoms with Crippen LogP contribution in [0.3, 0.4) is 0 Å². The summed E-state index contributed by atoms with van der Waals surface area (Å²) in [6.45, 7) is 5.70. The summed E-state index contributed by atoms with van der Waals surface area (Å²) in [7, 11) is 0. The number of aliphatic hydroxyl groups is 1. The van der Waals surface area contributed by atoms with E-state index < -0.39 is 0 Å². The van der Waals surface area contributed by atoms with Gasteiger partial charge in [-0.15, -0.1) is 0 Å². The monoisotopic (exact) mass is 252 g/mol. The van der Waals surface area contributed by atoms with Crippen molar-refractivity contribution >= 4 is 16.5 Å². The highest BCUT2D eigenvalue weighted by atomic mass is 32.1. The molecule has 1 aliphatic heterocycles. The van der Waals surface area contributed by atoms with Crippen molar-refractivity contribution in [3.8, 4) is 0 Å². The molecule has 0 radical (unpaired) electrons. The van der Waals surface area contributed by atoms with Crippen LogP contribution >= 0.6 is 11.3 Å². The van der Waals surface area contributed by atoms with E-state index in [4.69, 9.17) is 4.98 Å². The van der Waals surface area contributed by atoms with Gasteiger partial charge in [0.05, 0.1) is 16.7 Å². The number of fused-ring (bicyclic) bond motifs is 1. The Bertz CT molecular complexity index is 418. The summed E-state index contributed by atoms with van der Waals surface area (Å²) in [5.41, 5.74) is 1.15. The predicted molar refractivity (Wildman–Crippen MR) is 70.6 cm³/mol. The number of rotatable bonds is 1. The summed E-state index contributed by atoms with van der Waals surface area (Å²) >= 11 is 1.71. The zero-order valence-electron chi connectivity index (χ0n) is 10.5. The fraction of sp³-hybridized carbons (Fsp3) is 0.769. The molecule has 1 aliphatic carbocycles. The molecule has 1 N–H and O–H groups in total. The summed E-state index contributed by atoms with van der Waals surface area (Å²) in [6, 6.07) is 0.592. The van der Waals surface area contributed by atoms with E-state index in [-0.39, 0.29) is 6.10 Å². The van der Waals surface area contributed by atoms with Crippen molar-refractivity contribution in [2.45, 2.75) is 51.7 Å². The van der Waals surface area contributed by atoms with Crippen LogP contribution in [0.2, 0.25) is 0 Å². The Morgan fingerprint density at radius 1 is 1.41 bits per heavy atom. The maximum absolute atomic E-state index is 9.99. The molecule has 4 heteroatoms. The highest BCUT2D eigenvalue weighted by Gasteiger charge is 2.31. The summed E-state index contributed by atoms with van der Waals surface area (Å²) in [5, 5.41) is 11.1. The molecule has 2 heterocycles. The topological polar surface area (TPSA) is 36.4 Å². The Kier molecular flexibility index (Phi) is 2.87. The van der Waals surface area contributed by atoms with Gasteiger partial charge in [0, 0.05) is 12.6 Å². The number of hydrogen-bond donors (Lipinski definition) is 1. The third kappa shape index (κ3) is 1.97. The van der Waals surface area contributed by atoms with Crippen molar-refractivity contribution in [2.75, 3.05) is 11.4 Å². The minimum Gasteiger partial charge on any atom is -0.388 e. The van der Waals surface area contributed by atoms with Crippen LogP contribution in [-0.2, 0) is 6.42 Å². The van der Waals surface area contributed by atoms with Gasteiger partial charge in [-0.3, -0.25) is 0 Å². The summed E-state index contributed by atoms with van der Waals surface area (Å²) in [5.74, 6) is 0.760. The molecule has 0 amide bonds. The van der Waals surface area contributed by atoms with Gasteiger partial charge in [-0.25, -0.2) is 4.98 Å². The van der Waals surface area contributed by atoms with Gasteiger partial charge in [0.25, 0.3) is 0 Å². The van der Waals surface area contributed by atoms with Crippen molar-refractivity contribution in [3.05, 3.63) is 10.6 Å². The molecule has 94 valence electrons. The Balaban J connectivity index is 1.89. The lowest BCUT2D eigenvalue weighted by Crippen LogP contribution is -2.26. The second-order valence-electron chi connectivity index (χ2n) is 5.56. The quantitative estimate of drug-likeness (QED) is 0.835. The molecule has 0 spiro atoms. The lowest BCUT2D eigenvalue weighted by Gasteiger charge is -2.20. The zero-order valence-corrected chi connectivity index (χ0v) is 11.3. The zero-order chi connectivity index (χ0) is 12.0. The first kappa shape index (κ1) is 11.5. The van der Waals surface area contributed by atoms with E-state index in [2.05, 4.69) is 18.7 Å². The molecule has 3 atom stereocenters. The van der Waals surface area contributed by atoms with Crippen molar-refractivity contribution in [2.24, 2.45) is 5.92 Å². The predicted octanol–water partition coefficient (Wildman–Crippen LogP) is 2.75. The molecule has 17 heavy (non-hydrogen) atoms. The van der Waals surface area contributed by atoms with Crippen LogP contribution in [0.1, 0.15) is 49.8 Å². The van der Waals surface area contributed by atoms with Crippen LogP contribution in [0.25, 0.3) is 0 Å². The maximum atomic E-state index is 9.99. The van der Waals surface area contributed by atoms with Crippen molar-refractivity contribution in [3.63, 3.8) is 0 Å². The van der Waals surface area contributed by atoms with E-state index in [1.165, 1.54) is 6.42 Å². The average Bonchev–Trinajstić information content (AvgIpc) is 2.82. The summed E-state index contributed by atoms with van der Waals surface area (Å²) in [4.78, 5) is 8.29. The number of hydrogen-bond acceptors (Lipinski definition) is 4. The SMILES string of the molecule is CC1CC(C)N(c2nc3c(s2)C(O)CCC3)C1. The molecule has 3 nitrogen and oxygen atoms in total. The van der Waals surface area contributed by atoms with Gasteiger partial charge in [0.2, 0.25) is 0 Å². The van der Waals surface area contributed by atoms with Crippen LogP contribution < -0.4 is 4.90 Å². The molecule has 1 saturated heterocycles. The van der Waals surface area contributed by atoms with E-state index in [9.17, 15) is 5.11 Å². The van der Waals surface area contributed by atoms with Crippen molar-refractivity contribution in [1.29, 1.82) is 0 Å². The van der Waals surface area contributed by atoms with Gasteiger partial charge in [0.15, 0.2) is 5.13 Å². The third-order valence-corrected chi connectivity index (χ3v) is 5.18. The Morgan fingerprint density at radius 2 is 2.24 bits per heavy atom. The smallest absolute Gasteiger partial charge is 0.186 e. The Hall–Kier alpha value is -0.610. The number of aliphatic hydroxyl groups excluding tert-OH is 1. The van der Waals surface area contributed by atoms with Gasteiger partial charge in [0.1, 0.15) is 0 Å². The minimum absolute atomic E-state index is 0.264. The van der Waals surface area contributed by atoms with Gasteiger partial charge < -0.3 is 10.0 Å². The van der Waals surface area contributed by atoms with E-state index in [0.717, 1.165) is 47.4 Å². The highest BCUT2D eigenvalue weighted by Crippen LogP contribution is 2.39. The number of aryl methyl sites for hydroxylation is 1. The fourth-order valence-electron chi connectivity index (χ4n) is 3.07. The maximum Gasteiger partial charge on any atom is 0.186 e. The lowest BCUT2D eigenvalue weighted by molar-refractivity contribution is 0.160. The molecule has 0 bridgehead atoms. The Morgan fingerprint density at radius 3 is 2.88 bits per heavy atom. The molecule has 0 saturated carbocycles. The Labute approximate surface area is 106 Å². The second kappa shape index (κ2) is 4.25. The van der Waals surface area contributed by atoms with E-state index >= 15 is 0 Å². The number of anilines is 1. The first-order chi connectivity index (χ1) is 8.15. The lowest BCUT2D eigenvalue weighted by atomic mass is 10.0. The molecule has 3 rings (SSSR count). The third-order valence-electron chi connectivity index (χ3n) is 3.94. The highest BCUT2D eigenvalue weighted by molar-refractivity contribution is 7.15. The number of nitrogens with zero attached hydrogens (tertiary/aromatic N) is 2. The molecule has 1 aromatic rings. The van der Waals surface area contributed by atoms with Crippen molar-refractivity contribution < 1.29 is 5.11 Å². The van der Waals surface area contributed by atoms with E-state index in [0.29, 0.717) is 6.04 Å². The second-order valence-corrected chi connectivity index (χ2v) is 6.57. The summed E-state index contributed by atoms with van der Waals surface area (Å²) in [6.07, 6.45) is 4.01. The van der Waals surface area contributed by atoms with Crippen molar-refractivity contribution in [1.82, 2.24) is 4.98 Å². The minimum atomic E-state index is -0.264. The molecule has 2 aliphatic rings. The van der Waals surface area contributed by atoms with Gasteiger partial charge in [-0.2, -0.15) is 0 Å². The molecule has 1 aromatic heterocycles. The standard InChI is InChI=1S/C13H20N2OS/c1-8-6-9(2)15(7-8)13-14-10-4-3-5-11(16)12(10)17-13/h8-9,11,16H,3-7H2,1-2H3. The molecule has 3 unspecified atom stereocenters. The number of aromatic nitrogens is 1. The largest absolute Gasteiger partial charge is 0.388 e. The van der Waals surface area contributed by atoms with Crippen LogP contribution in [0.5, 0.6) is 0 Å². The van der Waals surface area contributed by atoms with Crippen LogP contribution in [-0.4, -0.2) is 22.7 Å². The van der Waals surface area contributed by atoms with Gasteiger partial charge >= 0.3 is 0 Å². The average molecular weight is 252 g/mol. The van der Waals surface area contributed by atoms with Crippen LogP contribution in [0, 0.1) is 5.92 Å². The van der Waals surface area contributed by atoms with E-state index in [1.54, 1.807) is 11.3 Å². The molecule has 0 aromatic carbocycles. The molecule has 1 fully saturated rings. The van der Waals surface area contributed by atoms with Gasteiger partial charge in [-0.05, 0) is 38.5 Å². The molecular formula is C13H20N2OS. The van der Waals surface area contributed by atoms with Gasteiger partial charge in [-0.1, -0.05) is 18.3 Å². The van der Waals surface area contributed by atoms with Crippen LogP contribution in [0.15, 0.2) is 0 Å². The first-order valence-corrected chi connectivity index (χ1v) is 7.41. The number of thiazole rings is 1. The van der Waals surface area contributed by atoms with E-state index in [1.807, 2.05) is 0 Å². The fourth-order valence-corrected chi connectivity index (χ4v) is 4.32. The normalized spacial score (nSPS) is 32.9. The summed E-state index contributed by atoms with van der Waals surface area (Å²) < 4.78 is 0. The first-order valence-electron chi connectivity index (χ1n) is 6.59.